The Kier molecular flexibility index (Phi) is 12.9. The highest BCUT2D eigenvalue weighted by atomic mass is 32.2. The lowest BCUT2D eigenvalue weighted by Gasteiger charge is -2.61. The van der Waals surface area contributed by atoms with Crippen LogP contribution in [0.2, 0.25) is 0 Å². The lowest BCUT2D eigenvalue weighted by Crippen LogP contribution is -2.63. The summed E-state index contributed by atoms with van der Waals surface area (Å²) in [5.41, 5.74) is -1.25. The van der Waals surface area contributed by atoms with Gasteiger partial charge in [-0.3, -0.25) is 9.59 Å². The number of esters is 1. The molecule has 0 aromatic carbocycles. The minimum absolute atomic E-state index is 0.00828. The molecule has 3 aliphatic rings. The largest absolute Gasteiger partial charge is 0.478 e. The Morgan fingerprint density at radius 1 is 1.10 bits per heavy atom. The van der Waals surface area contributed by atoms with Gasteiger partial charge >= 0.3 is 17.9 Å². The number of carboxylic acids is 2. The molecule has 238 valence electrons. The molecule has 0 unspecified atom stereocenters. The van der Waals surface area contributed by atoms with E-state index in [1.54, 1.807) is 11.8 Å². The molecule has 3 aliphatic carbocycles. The van der Waals surface area contributed by atoms with Crippen LogP contribution in [0.4, 0.5) is 0 Å². The van der Waals surface area contributed by atoms with Gasteiger partial charge in [-0.1, -0.05) is 47.6 Å². The number of hydrogen-bond donors (Lipinski definition) is 3. The molecule has 0 spiro atoms. The molecule has 3 saturated carbocycles. The number of ketones is 1. The van der Waals surface area contributed by atoms with Crippen LogP contribution in [0.25, 0.3) is 0 Å². The minimum atomic E-state index is -1.26. The third-order valence-corrected chi connectivity index (χ3v) is 11.5. The summed E-state index contributed by atoms with van der Waals surface area (Å²) in [6.07, 6.45) is 5.76. The zero-order valence-corrected chi connectivity index (χ0v) is 27.0. The average Bonchev–Trinajstić information content (AvgIpc) is 3.30. The molecule has 0 aromatic rings. The van der Waals surface area contributed by atoms with Crippen LogP contribution in [0.15, 0.2) is 24.8 Å². The second kappa shape index (κ2) is 15.0. The van der Waals surface area contributed by atoms with Crippen LogP contribution in [0, 0.1) is 34.0 Å². The van der Waals surface area contributed by atoms with Crippen molar-refractivity contribution in [1.29, 1.82) is 0 Å². The van der Waals surface area contributed by atoms with Crippen LogP contribution in [-0.4, -0.2) is 87.3 Å². The molecule has 3 N–H and O–H groups in total. The lowest BCUT2D eigenvalue weighted by atomic mass is 9.44. The first kappa shape index (κ1) is 36.0. The van der Waals surface area contributed by atoms with E-state index in [2.05, 4.69) is 46.1 Å². The van der Waals surface area contributed by atoms with Crippen molar-refractivity contribution in [2.75, 3.05) is 31.1 Å². The van der Waals surface area contributed by atoms with Crippen molar-refractivity contribution in [3.05, 3.63) is 24.8 Å². The zero-order chi connectivity index (χ0) is 31.9. The van der Waals surface area contributed by atoms with Crippen LogP contribution in [0.3, 0.4) is 0 Å². The topological polar surface area (TPSA) is 141 Å². The monoisotopic (exact) mass is 609 g/mol. The van der Waals surface area contributed by atoms with Gasteiger partial charge in [-0.05, 0) is 56.0 Å². The standard InChI is InChI=1S/C28H47NO4S.C4H4O4/c1-8-26(6)17-22(33-23(31)18-34-16-15-29(9-2)10-3)27(7)19(4)11-13-28(20(5)25(26)32)14-12-21(30)24(27)28;5-3(6)1-2-4(7)8/h8,19-20,22,24-25,32H,1,9-18H2,2-7H3;1-2H,(H,5,6)(H,7,8)/b;2-1+/t19-,20+,22-,24-,25+,26-,27+,28+;/m1./s1. The van der Waals surface area contributed by atoms with E-state index < -0.39 is 35.0 Å². The molecular weight excluding hydrogens is 558 g/mol. The Hall–Kier alpha value is -2.17. The molecule has 42 heavy (non-hydrogen) atoms. The van der Waals surface area contributed by atoms with Crippen LogP contribution in [-0.2, 0) is 23.9 Å². The Morgan fingerprint density at radius 3 is 2.21 bits per heavy atom. The molecule has 0 amide bonds. The van der Waals surface area contributed by atoms with Crippen molar-refractivity contribution in [2.24, 2.45) is 34.0 Å². The third kappa shape index (κ3) is 7.66. The van der Waals surface area contributed by atoms with E-state index in [-0.39, 0.29) is 29.1 Å². The number of rotatable bonds is 11. The molecule has 0 aromatic heterocycles. The lowest BCUT2D eigenvalue weighted by molar-refractivity contribution is -0.205. The first-order chi connectivity index (χ1) is 19.6. The molecule has 0 heterocycles. The molecule has 3 rings (SSSR count). The van der Waals surface area contributed by atoms with E-state index in [1.165, 1.54) is 0 Å². The Balaban J connectivity index is 0.000000675. The Bertz CT molecular complexity index is 1010. The fraction of sp³-hybridized carbons (Fsp3) is 0.750. The van der Waals surface area contributed by atoms with Crippen molar-refractivity contribution in [3.63, 3.8) is 0 Å². The average molecular weight is 610 g/mol. The molecule has 0 radical (unpaired) electrons. The van der Waals surface area contributed by atoms with E-state index in [9.17, 15) is 24.3 Å². The summed E-state index contributed by atoms with van der Waals surface area (Å²) in [7, 11) is 0. The Morgan fingerprint density at radius 2 is 1.69 bits per heavy atom. The fourth-order valence-electron chi connectivity index (χ4n) is 7.73. The number of aliphatic hydroxyl groups is 1. The maximum Gasteiger partial charge on any atom is 0.328 e. The van der Waals surface area contributed by atoms with Crippen molar-refractivity contribution in [1.82, 2.24) is 4.90 Å². The molecular formula is C32H51NO8S. The maximum atomic E-state index is 13.4. The van der Waals surface area contributed by atoms with Crippen molar-refractivity contribution < 1.29 is 39.2 Å². The molecule has 0 saturated heterocycles. The molecule has 10 heteroatoms. The van der Waals surface area contributed by atoms with E-state index in [0.717, 1.165) is 44.6 Å². The van der Waals surface area contributed by atoms with E-state index in [4.69, 9.17) is 14.9 Å². The zero-order valence-electron chi connectivity index (χ0n) is 26.1. The molecule has 0 aliphatic heterocycles. The SMILES string of the molecule is C=C[C@]1(C)C[C@@H](OC(=O)CSCCN(CC)CC)[C@]2(C)[C@H](C)CC[C@]3(CCC(=O)[C@@H]32)[C@@H](C)[C@@H]1O.O=C(O)/C=C/C(=O)O. The van der Waals surface area contributed by atoms with Gasteiger partial charge in [-0.2, -0.15) is 0 Å². The minimum Gasteiger partial charge on any atom is -0.478 e. The number of aliphatic hydroxyl groups excluding tert-OH is 1. The van der Waals surface area contributed by atoms with Gasteiger partial charge in [0, 0.05) is 47.6 Å². The van der Waals surface area contributed by atoms with Crippen molar-refractivity contribution in [2.45, 2.75) is 85.9 Å². The Labute approximate surface area is 255 Å². The highest BCUT2D eigenvalue weighted by Gasteiger charge is 2.68. The van der Waals surface area contributed by atoms with Gasteiger partial charge < -0.3 is 25.0 Å². The summed E-state index contributed by atoms with van der Waals surface area (Å²) in [5.74, 6) is -1.14. The fourth-order valence-corrected chi connectivity index (χ4v) is 8.49. The number of thioether (sulfide) groups is 1. The molecule has 3 fully saturated rings. The van der Waals surface area contributed by atoms with Gasteiger partial charge in [0.1, 0.15) is 11.9 Å². The van der Waals surface area contributed by atoms with Gasteiger partial charge in [-0.15, -0.1) is 18.3 Å². The van der Waals surface area contributed by atoms with E-state index >= 15 is 0 Å². The normalized spacial score (nSPS) is 35.9. The number of aliphatic carboxylic acids is 2. The number of ether oxygens (including phenoxy) is 1. The number of carbonyl (C=O) groups excluding carboxylic acids is 2. The predicted molar refractivity (Wildman–Crippen MR) is 164 cm³/mol. The summed E-state index contributed by atoms with van der Waals surface area (Å²) < 4.78 is 6.30. The highest BCUT2D eigenvalue weighted by Crippen LogP contribution is 2.68. The van der Waals surface area contributed by atoms with Crippen LogP contribution in [0.1, 0.15) is 73.6 Å². The van der Waals surface area contributed by atoms with Crippen molar-refractivity contribution >= 4 is 35.5 Å². The summed E-state index contributed by atoms with van der Waals surface area (Å²) >= 11 is 1.61. The van der Waals surface area contributed by atoms with Gasteiger partial charge in [0.05, 0.1) is 11.9 Å². The second-order valence-electron chi connectivity index (χ2n) is 12.7. The quantitative estimate of drug-likeness (QED) is 0.131. The predicted octanol–water partition coefficient (Wildman–Crippen LogP) is 4.68. The number of carboxylic acid groups (broad SMARTS) is 2. The van der Waals surface area contributed by atoms with Gasteiger partial charge in [0.2, 0.25) is 0 Å². The molecule has 9 nitrogen and oxygen atoms in total. The maximum absolute atomic E-state index is 13.4. The number of Topliss-reactive ketones (excluding diaryl/α,β-unsaturated/α-hetero) is 1. The molecule has 2 bridgehead atoms. The first-order valence-corrected chi connectivity index (χ1v) is 16.3. The van der Waals surface area contributed by atoms with Gasteiger partial charge in [-0.25, -0.2) is 9.59 Å². The second-order valence-corrected chi connectivity index (χ2v) is 13.8. The summed E-state index contributed by atoms with van der Waals surface area (Å²) in [6.45, 7) is 20.0. The van der Waals surface area contributed by atoms with Crippen LogP contribution < -0.4 is 0 Å². The highest BCUT2D eigenvalue weighted by molar-refractivity contribution is 7.99. The first-order valence-electron chi connectivity index (χ1n) is 15.1. The third-order valence-electron chi connectivity index (χ3n) is 10.6. The number of carbonyl (C=O) groups is 4. The van der Waals surface area contributed by atoms with Gasteiger partial charge in [0.15, 0.2) is 0 Å². The van der Waals surface area contributed by atoms with E-state index in [0.29, 0.717) is 36.5 Å². The number of hydrogen-bond acceptors (Lipinski definition) is 8. The molecule has 8 atom stereocenters. The summed E-state index contributed by atoms with van der Waals surface area (Å²) in [6, 6.07) is 0. The van der Waals surface area contributed by atoms with Gasteiger partial charge in [0.25, 0.3) is 0 Å². The van der Waals surface area contributed by atoms with Crippen molar-refractivity contribution in [3.8, 4) is 0 Å². The number of nitrogens with zero attached hydrogens (tertiary/aromatic N) is 1. The summed E-state index contributed by atoms with van der Waals surface area (Å²) in [5, 5.41) is 27.2. The smallest absolute Gasteiger partial charge is 0.328 e. The summed E-state index contributed by atoms with van der Waals surface area (Å²) in [4.78, 5) is 48.0. The van der Waals surface area contributed by atoms with E-state index in [1.807, 2.05) is 13.0 Å². The van der Waals surface area contributed by atoms with Crippen LogP contribution >= 0.6 is 11.8 Å². The van der Waals surface area contributed by atoms with Crippen LogP contribution in [0.5, 0.6) is 0 Å².